The number of nitrogens with zero attached hydrogens (tertiary/aromatic N) is 1. The summed E-state index contributed by atoms with van der Waals surface area (Å²) in [4.78, 5) is 12.2. The number of rotatable bonds is 4. The average Bonchev–Trinajstić information content (AvgIpc) is 3.17. The molecule has 4 nitrogen and oxygen atoms in total. The third-order valence-electron chi connectivity index (χ3n) is 4.35. The van der Waals surface area contributed by atoms with E-state index >= 15 is 0 Å². The number of H-pyrrole nitrogens is 1. The first kappa shape index (κ1) is 14.8. The van der Waals surface area contributed by atoms with Gasteiger partial charge < -0.3 is 5.32 Å². The van der Waals surface area contributed by atoms with E-state index in [1.165, 1.54) is 12.1 Å². The summed E-state index contributed by atoms with van der Waals surface area (Å²) in [5, 5.41) is 9.94. The maximum absolute atomic E-state index is 13.0. The smallest absolute Gasteiger partial charge is 0.271 e. The van der Waals surface area contributed by atoms with Crippen molar-refractivity contribution >= 4 is 5.91 Å². The van der Waals surface area contributed by atoms with Crippen LogP contribution in [-0.2, 0) is 6.42 Å². The van der Waals surface area contributed by atoms with Gasteiger partial charge in [-0.1, -0.05) is 19.1 Å². The van der Waals surface area contributed by atoms with Crippen LogP contribution in [0.3, 0.4) is 0 Å². The normalized spacial score (nSPS) is 21.0. The number of aryl methyl sites for hydroxylation is 1. The molecule has 1 amide bonds. The van der Waals surface area contributed by atoms with Crippen molar-refractivity contribution in [1.29, 1.82) is 0 Å². The van der Waals surface area contributed by atoms with Crippen molar-refractivity contribution in [3.05, 3.63) is 53.1 Å². The Morgan fingerprint density at radius 3 is 2.82 bits per heavy atom. The summed E-state index contributed by atoms with van der Waals surface area (Å²) in [6, 6.07) is 8.62. The second kappa shape index (κ2) is 6.30. The number of aromatic nitrogens is 2. The number of aromatic amines is 1. The highest BCUT2D eigenvalue weighted by atomic mass is 19.1. The fourth-order valence-corrected chi connectivity index (χ4v) is 3.07. The highest BCUT2D eigenvalue weighted by Gasteiger charge is 2.27. The number of carbonyl (C=O) groups is 1. The number of benzene rings is 1. The summed E-state index contributed by atoms with van der Waals surface area (Å²) in [7, 11) is 0. The molecule has 1 fully saturated rings. The van der Waals surface area contributed by atoms with Gasteiger partial charge in [-0.05, 0) is 55.4 Å². The Morgan fingerprint density at radius 1 is 1.36 bits per heavy atom. The molecule has 1 heterocycles. The standard InChI is InChI=1S/C17H20FN3O/c1-2-14-10-16(21-20-14)17(22)19-15-8-5-12(9-15)11-3-6-13(18)7-4-11/h3-4,6-7,10,12,15H,2,5,8-9H2,1H3,(H,19,22)(H,20,21). The maximum Gasteiger partial charge on any atom is 0.271 e. The molecule has 1 aromatic heterocycles. The Labute approximate surface area is 129 Å². The molecule has 116 valence electrons. The van der Waals surface area contributed by atoms with Crippen molar-refractivity contribution in [3.8, 4) is 0 Å². The highest BCUT2D eigenvalue weighted by molar-refractivity contribution is 5.92. The van der Waals surface area contributed by atoms with Gasteiger partial charge in [0, 0.05) is 11.7 Å². The van der Waals surface area contributed by atoms with Crippen molar-refractivity contribution in [2.45, 2.75) is 44.6 Å². The lowest BCUT2D eigenvalue weighted by Gasteiger charge is -2.13. The molecule has 2 N–H and O–H groups in total. The highest BCUT2D eigenvalue weighted by Crippen LogP contribution is 2.34. The van der Waals surface area contributed by atoms with E-state index in [1.807, 2.05) is 19.1 Å². The van der Waals surface area contributed by atoms with Crippen LogP contribution in [0.15, 0.2) is 30.3 Å². The summed E-state index contributed by atoms with van der Waals surface area (Å²) in [6.07, 6.45) is 3.68. The van der Waals surface area contributed by atoms with E-state index in [1.54, 1.807) is 6.07 Å². The molecule has 1 aliphatic carbocycles. The molecule has 0 aliphatic heterocycles. The Balaban J connectivity index is 1.58. The van der Waals surface area contributed by atoms with Crippen molar-refractivity contribution in [1.82, 2.24) is 15.5 Å². The van der Waals surface area contributed by atoms with Crippen molar-refractivity contribution in [3.63, 3.8) is 0 Å². The second-order valence-electron chi connectivity index (χ2n) is 5.86. The fourth-order valence-electron chi connectivity index (χ4n) is 3.07. The third kappa shape index (κ3) is 3.18. The van der Waals surface area contributed by atoms with Crippen LogP contribution in [0.1, 0.15) is 53.8 Å². The quantitative estimate of drug-likeness (QED) is 0.911. The Kier molecular flexibility index (Phi) is 4.22. The van der Waals surface area contributed by atoms with Crippen LogP contribution in [0.25, 0.3) is 0 Å². The number of hydrogen-bond donors (Lipinski definition) is 2. The van der Waals surface area contributed by atoms with Gasteiger partial charge in [-0.3, -0.25) is 9.89 Å². The van der Waals surface area contributed by atoms with Crippen LogP contribution in [0.2, 0.25) is 0 Å². The minimum absolute atomic E-state index is 0.124. The summed E-state index contributed by atoms with van der Waals surface area (Å²) in [5.41, 5.74) is 2.55. The molecule has 0 radical (unpaired) electrons. The van der Waals surface area contributed by atoms with Gasteiger partial charge in [0.2, 0.25) is 0 Å². The third-order valence-corrected chi connectivity index (χ3v) is 4.35. The lowest BCUT2D eigenvalue weighted by atomic mass is 9.97. The molecule has 5 heteroatoms. The van der Waals surface area contributed by atoms with E-state index in [4.69, 9.17) is 0 Å². The zero-order chi connectivity index (χ0) is 15.5. The van der Waals surface area contributed by atoms with Gasteiger partial charge in [-0.2, -0.15) is 5.10 Å². The van der Waals surface area contributed by atoms with E-state index < -0.39 is 0 Å². The van der Waals surface area contributed by atoms with E-state index in [-0.39, 0.29) is 17.8 Å². The first-order valence-electron chi connectivity index (χ1n) is 7.76. The van der Waals surface area contributed by atoms with E-state index in [2.05, 4.69) is 15.5 Å². The zero-order valence-corrected chi connectivity index (χ0v) is 12.6. The topological polar surface area (TPSA) is 57.8 Å². The zero-order valence-electron chi connectivity index (χ0n) is 12.6. The van der Waals surface area contributed by atoms with Crippen LogP contribution in [0.4, 0.5) is 4.39 Å². The van der Waals surface area contributed by atoms with Gasteiger partial charge in [0.15, 0.2) is 0 Å². The summed E-state index contributed by atoms with van der Waals surface area (Å²) < 4.78 is 13.0. The van der Waals surface area contributed by atoms with Gasteiger partial charge in [0.1, 0.15) is 11.5 Å². The molecule has 3 rings (SSSR count). The van der Waals surface area contributed by atoms with Crippen LogP contribution < -0.4 is 5.32 Å². The van der Waals surface area contributed by atoms with Crippen molar-refractivity contribution in [2.24, 2.45) is 0 Å². The minimum atomic E-state index is -0.211. The first-order chi connectivity index (χ1) is 10.7. The molecule has 0 spiro atoms. The fraction of sp³-hybridized carbons (Fsp3) is 0.412. The van der Waals surface area contributed by atoms with E-state index in [0.717, 1.165) is 36.9 Å². The minimum Gasteiger partial charge on any atom is -0.348 e. The van der Waals surface area contributed by atoms with Crippen LogP contribution >= 0.6 is 0 Å². The van der Waals surface area contributed by atoms with Crippen molar-refractivity contribution in [2.75, 3.05) is 0 Å². The first-order valence-corrected chi connectivity index (χ1v) is 7.76. The number of hydrogen-bond acceptors (Lipinski definition) is 2. The largest absolute Gasteiger partial charge is 0.348 e. The molecular formula is C17H20FN3O. The number of halogens is 1. The Hall–Kier alpha value is -2.17. The molecule has 1 aromatic carbocycles. The Morgan fingerprint density at radius 2 is 2.14 bits per heavy atom. The number of nitrogens with one attached hydrogen (secondary N) is 2. The van der Waals surface area contributed by atoms with Gasteiger partial charge in [0.25, 0.3) is 5.91 Å². The second-order valence-corrected chi connectivity index (χ2v) is 5.86. The summed E-state index contributed by atoms with van der Waals surface area (Å²) >= 11 is 0. The van der Waals surface area contributed by atoms with E-state index in [9.17, 15) is 9.18 Å². The van der Waals surface area contributed by atoms with Gasteiger partial charge in [0.05, 0.1) is 0 Å². The molecular weight excluding hydrogens is 281 g/mol. The van der Waals surface area contributed by atoms with Crippen molar-refractivity contribution < 1.29 is 9.18 Å². The molecule has 2 aromatic rings. The molecule has 0 bridgehead atoms. The molecule has 22 heavy (non-hydrogen) atoms. The predicted molar refractivity (Wildman–Crippen MR) is 82.2 cm³/mol. The SMILES string of the molecule is CCc1cc(C(=O)NC2CCC(c3ccc(F)cc3)C2)n[nH]1. The average molecular weight is 301 g/mol. The number of amides is 1. The van der Waals surface area contributed by atoms with Gasteiger partial charge in [-0.25, -0.2) is 4.39 Å². The van der Waals surface area contributed by atoms with Gasteiger partial charge in [-0.15, -0.1) is 0 Å². The molecule has 1 saturated carbocycles. The molecule has 0 saturated heterocycles. The Bertz CT molecular complexity index is 650. The molecule has 2 unspecified atom stereocenters. The predicted octanol–water partition coefficient (Wildman–Crippen LogP) is 3.18. The van der Waals surface area contributed by atoms with Gasteiger partial charge >= 0.3 is 0 Å². The maximum atomic E-state index is 13.0. The summed E-state index contributed by atoms with van der Waals surface area (Å²) in [5.74, 6) is 0.0499. The van der Waals surface area contributed by atoms with Crippen LogP contribution in [0, 0.1) is 5.82 Å². The summed E-state index contributed by atoms with van der Waals surface area (Å²) in [6.45, 7) is 2.01. The monoisotopic (exact) mass is 301 g/mol. The van der Waals surface area contributed by atoms with E-state index in [0.29, 0.717) is 11.6 Å². The molecule has 1 aliphatic rings. The van der Waals surface area contributed by atoms with Crippen LogP contribution in [0.5, 0.6) is 0 Å². The lowest BCUT2D eigenvalue weighted by Crippen LogP contribution is -2.33. The van der Waals surface area contributed by atoms with Crippen LogP contribution in [-0.4, -0.2) is 22.1 Å². The molecule has 2 atom stereocenters. The lowest BCUT2D eigenvalue weighted by molar-refractivity contribution is 0.0932. The number of carbonyl (C=O) groups excluding carboxylic acids is 1.